The Hall–Kier alpha value is -6.71. The molecule has 9 rings (SSSR count). The van der Waals surface area contributed by atoms with Crippen molar-refractivity contribution >= 4 is 46.6 Å². The maximum absolute atomic E-state index is 13.4. The molecular weight excluding hydrogens is 764 g/mol. The number of aromatic nitrogens is 2. The first-order chi connectivity index (χ1) is 28.6. The fraction of sp³-hybridized carbons (Fsp3) is 0.261. The number of amides is 4. The Morgan fingerprint density at radius 3 is 2.12 bits per heavy atom. The van der Waals surface area contributed by atoms with Crippen LogP contribution in [0.5, 0.6) is 0 Å². The largest absolute Gasteiger partial charge is 0.382 e. The lowest BCUT2D eigenvalue weighted by atomic mass is 9.83. The van der Waals surface area contributed by atoms with Gasteiger partial charge in [-0.1, -0.05) is 66.2 Å². The molecule has 4 aromatic carbocycles. The van der Waals surface area contributed by atoms with Crippen molar-refractivity contribution in [2.45, 2.75) is 56.8 Å². The van der Waals surface area contributed by atoms with Crippen LogP contribution < -0.4 is 16.0 Å². The number of rotatable bonds is 8. The number of carbonyl (C=O) groups excluding carboxylic acids is 4. The predicted octanol–water partition coefficient (Wildman–Crippen LogP) is 7.18. The fourth-order valence-electron chi connectivity index (χ4n) is 9.00. The number of hydrogen-bond donors (Lipinski definition) is 3. The highest BCUT2D eigenvalue weighted by Gasteiger charge is 2.45. The first-order valence-electron chi connectivity index (χ1n) is 19.8. The van der Waals surface area contributed by atoms with E-state index >= 15 is 0 Å². The number of halogens is 1. The van der Waals surface area contributed by atoms with Gasteiger partial charge in [-0.25, -0.2) is 4.98 Å². The summed E-state index contributed by atoms with van der Waals surface area (Å²) in [6.07, 6.45) is 8.66. The van der Waals surface area contributed by atoms with Crippen molar-refractivity contribution in [1.82, 2.24) is 30.0 Å². The molecule has 13 heteroatoms. The molecule has 59 heavy (non-hydrogen) atoms. The number of nitrogens with zero attached hydrogens (tertiary/aromatic N) is 5. The van der Waals surface area contributed by atoms with E-state index in [1.54, 1.807) is 30.5 Å². The molecule has 4 aliphatic rings. The van der Waals surface area contributed by atoms with Gasteiger partial charge >= 0.3 is 0 Å². The number of imidazole rings is 1. The first-order valence-corrected chi connectivity index (χ1v) is 20.2. The summed E-state index contributed by atoms with van der Waals surface area (Å²) in [7, 11) is 4.07. The van der Waals surface area contributed by atoms with E-state index in [2.05, 4.69) is 93.7 Å². The second-order valence-electron chi connectivity index (χ2n) is 15.7. The highest BCUT2D eigenvalue weighted by molar-refractivity contribution is 6.32. The van der Waals surface area contributed by atoms with Crippen molar-refractivity contribution < 1.29 is 19.2 Å². The molecular formula is C46H41ClN8O4. The van der Waals surface area contributed by atoms with Crippen LogP contribution in [0.15, 0.2) is 97.3 Å². The average Bonchev–Trinajstić information content (AvgIpc) is 3.90. The van der Waals surface area contributed by atoms with Crippen LogP contribution in [0.3, 0.4) is 0 Å². The Bertz CT molecular complexity index is 2600. The van der Waals surface area contributed by atoms with Crippen LogP contribution in [0.1, 0.15) is 70.4 Å². The zero-order valence-electron chi connectivity index (χ0n) is 32.5. The van der Waals surface area contributed by atoms with Crippen LogP contribution in [-0.4, -0.2) is 68.3 Å². The smallest absolute Gasteiger partial charge is 0.262 e. The number of nitriles is 1. The highest BCUT2D eigenvalue weighted by Crippen LogP contribution is 2.37. The quantitative estimate of drug-likeness (QED) is 0.139. The summed E-state index contributed by atoms with van der Waals surface area (Å²) >= 11 is 6.25. The van der Waals surface area contributed by atoms with Gasteiger partial charge in [-0.3, -0.25) is 29.4 Å². The molecule has 0 bridgehead atoms. The van der Waals surface area contributed by atoms with E-state index in [0.717, 1.165) is 64.2 Å². The second kappa shape index (κ2) is 15.2. The van der Waals surface area contributed by atoms with Gasteiger partial charge in [0.15, 0.2) is 0 Å². The van der Waals surface area contributed by atoms with Crippen LogP contribution >= 0.6 is 11.6 Å². The number of piperidine rings is 1. The molecule has 3 aliphatic heterocycles. The van der Waals surface area contributed by atoms with Crippen LogP contribution in [-0.2, 0) is 16.6 Å². The first kappa shape index (κ1) is 37.8. The minimum Gasteiger partial charge on any atom is -0.382 e. The number of anilines is 1. The summed E-state index contributed by atoms with van der Waals surface area (Å²) in [4.78, 5) is 58.8. The molecule has 0 spiro atoms. The molecule has 3 N–H and O–H groups in total. The molecule has 2 atom stereocenters. The summed E-state index contributed by atoms with van der Waals surface area (Å²) < 4.78 is 1.95. The molecule has 1 aromatic heterocycles. The monoisotopic (exact) mass is 804 g/mol. The van der Waals surface area contributed by atoms with Crippen molar-refractivity contribution in [3.05, 3.63) is 125 Å². The van der Waals surface area contributed by atoms with Gasteiger partial charge in [-0.05, 0) is 90.6 Å². The lowest BCUT2D eigenvalue weighted by Crippen LogP contribution is -2.54. The summed E-state index contributed by atoms with van der Waals surface area (Å²) in [5, 5.41) is 19.2. The molecule has 296 valence electrons. The van der Waals surface area contributed by atoms with E-state index in [4.69, 9.17) is 11.6 Å². The van der Waals surface area contributed by atoms with Gasteiger partial charge in [0.25, 0.3) is 11.8 Å². The third-order valence-corrected chi connectivity index (χ3v) is 12.6. The molecule has 2 unspecified atom stereocenters. The van der Waals surface area contributed by atoms with Crippen molar-refractivity contribution in [1.29, 1.82) is 5.26 Å². The topological polar surface area (TPSA) is 152 Å². The van der Waals surface area contributed by atoms with E-state index in [1.807, 2.05) is 23.7 Å². The molecule has 4 heterocycles. The third kappa shape index (κ3) is 6.91. The van der Waals surface area contributed by atoms with E-state index < -0.39 is 29.7 Å². The normalized spacial score (nSPS) is 21.5. The standard InChI is InChI=1S/C46H41ClN8O4/c1-53-39(24-49-42(53)30-11-15-33(16-12-30)51-34-17-13-32(23-48)37(47)22-34)28-7-3-26(4-8-28)27-5-9-29(10-6-27)40-25-50-43(54(40)2)31-14-18-35-36(21-31)46(59)55(45(35)58)38-19-20-41(56)52-44(38)57/h3-10,13-14,17-18,21-22,24-25,30,33,38,42,49,51H,11-12,15-16,19-20H2,1-2H3,(H,52,56,57). The molecule has 4 amide bonds. The molecule has 1 saturated heterocycles. The number of carbonyl (C=O) groups is 4. The second-order valence-corrected chi connectivity index (χ2v) is 16.1. The average molecular weight is 805 g/mol. The van der Waals surface area contributed by atoms with Crippen molar-refractivity contribution in [3.63, 3.8) is 0 Å². The van der Waals surface area contributed by atoms with Gasteiger partial charge in [-0.2, -0.15) is 5.26 Å². The number of fused-ring (bicyclic) bond motifs is 1. The van der Waals surface area contributed by atoms with Crippen LogP contribution in [0.4, 0.5) is 5.69 Å². The summed E-state index contributed by atoms with van der Waals surface area (Å²) in [5.74, 6) is -0.996. The number of imide groups is 2. The minimum absolute atomic E-state index is 0.0653. The Morgan fingerprint density at radius 1 is 0.780 bits per heavy atom. The van der Waals surface area contributed by atoms with Gasteiger partial charge in [0, 0.05) is 44.0 Å². The van der Waals surface area contributed by atoms with Crippen molar-refractivity contribution in [2.24, 2.45) is 13.0 Å². The van der Waals surface area contributed by atoms with E-state index in [9.17, 15) is 24.4 Å². The molecule has 1 saturated carbocycles. The molecule has 12 nitrogen and oxygen atoms in total. The van der Waals surface area contributed by atoms with Gasteiger partial charge in [0.1, 0.15) is 24.1 Å². The van der Waals surface area contributed by atoms with Gasteiger partial charge < -0.3 is 20.1 Å². The van der Waals surface area contributed by atoms with E-state index in [-0.39, 0.29) is 30.1 Å². The Balaban J connectivity index is 0.826. The van der Waals surface area contributed by atoms with Gasteiger partial charge in [-0.15, -0.1) is 0 Å². The van der Waals surface area contributed by atoms with Crippen molar-refractivity contribution in [3.8, 4) is 39.8 Å². The van der Waals surface area contributed by atoms with Gasteiger partial charge in [0.2, 0.25) is 11.8 Å². The Labute approximate surface area is 346 Å². The zero-order chi connectivity index (χ0) is 40.9. The molecule has 5 aromatic rings. The fourth-order valence-corrected chi connectivity index (χ4v) is 9.22. The van der Waals surface area contributed by atoms with Crippen LogP contribution in [0.2, 0.25) is 5.02 Å². The molecule has 2 fully saturated rings. The number of nitrogens with one attached hydrogen (secondary N) is 3. The molecule has 0 radical (unpaired) electrons. The third-order valence-electron chi connectivity index (χ3n) is 12.2. The minimum atomic E-state index is -1.02. The van der Waals surface area contributed by atoms with E-state index in [1.165, 1.54) is 5.70 Å². The highest BCUT2D eigenvalue weighted by atomic mass is 35.5. The predicted molar refractivity (Wildman–Crippen MR) is 224 cm³/mol. The maximum atomic E-state index is 13.4. The van der Waals surface area contributed by atoms with Gasteiger partial charge in [0.05, 0.1) is 39.3 Å². The van der Waals surface area contributed by atoms with E-state index in [0.29, 0.717) is 33.9 Å². The zero-order valence-corrected chi connectivity index (χ0v) is 33.3. The Morgan fingerprint density at radius 2 is 1.44 bits per heavy atom. The lowest BCUT2D eigenvalue weighted by molar-refractivity contribution is -0.136. The SMILES string of the molecule is CN1C(c2ccc(-c3ccc(-c4cnc(-c5ccc6c(c5)C(=O)N(C5CCC(=O)NC5=O)C6=O)n4C)cc3)cc2)=CNC1C1CCC(Nc2ccc(C#N)c(Cl)c2)CC1. The number of hydrogen-bond acceptors (Lipinski definition) is 9. The molecule has 1 aliphatic carbocycles. The number of benzene rings is 4. The summed E-state index contributed by atoms with van der Waals surface area (Å²) in [5.41, 5.74) is 8.92. The summed E-state index contributed by atoms with van der Waals surface area (Å²) in [6.45, 7) is 0. The van der Waals surface area contributed by atoms with Crippen LogP contribution in [0.25, 0.3) is 39.5 Å². The lowest BCUT2D eigenvalue weighted by Gasteiger charge is -2.37. The maximum Gasteiger partial charge on any atom is 0.262 e. The Kier molecular flexibility index (Phi) is 9.77. The summed E-state index contributed by atoms with van der Waals surface area (Å²) in [6, 6.07) is 29.0. The van der Waals surface area contributed by atoms with Crippen molar-refractivity contribution in [2.75, 3.05) is 12.4 Å². The van der Waals surface area contributed by atoms with Crippen LogP contribution in [0, 0.1) is 17.2 Å².